The molecule has 0 bridgehead atoms. The van der Waals surface area contributed by atoms with Crippen LogP contribution in [0.5, 0.6) is 0 Å². The summed E-state index contributed by atoms with van der Waals surface area (Å²) in [7, 11) is 0. The third-order valence-corrected chi connectivity index (χ3v) is 2.81. The third kappa shape index (κ3) is 6.36. The Labute approximate surface area is 114 Å². The first-order chi connectivity index (χ1) is 8.74. The molecular formula is C14H21ClO3. The van der Waals surface area contributed by atoms with E-state index >= 15 is 0 Å². The van der Waals surface area contributed by atoms with Crippen molar-refractivity contribution in [3.05, 3.63) is 35.9 Å². The maximum atomic E-state index is 9.79. The van der Waals surface area contributed by atoms with Crippen molar-refractivity contribution < 1.29 is 14.6 Å². The van der Waals surface area contributed by atoms with Crippen LogP contribution in [0.15, 0.2) is 30.3 Å². The lowest BCUT2D eigenvalue weighted by molar-refractivity contribution is -0.0189. The molecule has 4 heteroatoms. The van der Waals surface area contributed by atoms with Crippen molar-refractivity contribution >= 4 is 11.6 Å². The van der Waals surface area contributed by atoms with Crippen LogP contribution in [0.2, 0.25) is 0 Å². The lowest BCUT2D eigenvalue weighted by Gasteiger charge is -2.18. The lowest BCUT2D eigenvalue weighted by Crippen LogP contribution is -2.27. The Balaban J connectivity index is 2.14. The number of halogens is 1. The molecular weight excluding hydrogens is 252 g/mol. The van der Waals surface area contributed by atoms with E-state index in [2.05, 4.69) is 0 Å². The molecule has 0 fully saturated rings. The molecule has 2 atom stereocenters. The standard InChI is InChI=1S/C14H21ClO3/c1-12(14(16)11-17-8-7-15)9-18-10-13-5-3-2-4-6-13/h2-6,12,14,16H,7-11H2,1H3/t12?,14-/m0/s1. The summed E-state index contributed by atoms with van der Waals surface area (Å²) < 4.78 is 10.8. The average Bonchev–Trinajstić information content (AvgIpc) is 2.40. The molecule has 0 aliphatic rings. The van der Waals surface area contributed by atoms with E-state index in [-0.39, 0.29) is 5.92 Å². The van der Waals surface area contributed by atoms with Gasteiger partial charge in [-0.25, -0.2) is 0 Å². The predicted octanol–water partition coefficient (Wildman–Crippen LogP) is 2.46. The first-order valence-corrected chi connectivity index (χ1v) is 6.71. The molecule has 1 aromatic carbocycles. The second-order valence-corrected chi connectivity index (χ2v) is 4.69. The number of hydrogen-bond donors (Lipinski definition) is 1. The van der Waals surface area contributed by atoms with Crippen LogP contribution in [-0.4, -0.2) is 36.9 Å². The molecule has 3 nitrogen and oxygen atoms in total. The molecule has 102 valence electrons. The Morgan fingerprint density at radius 2 is 1.89 bits per heavy atom. The molecule has 1 unspecified atom stereocenters. The Morgan fingerprint density at radius 1 is 1.17 bits per heavy atom. The second kappa shape index (κ2) is 9.34. The highest BCUT2D eigenvalue weighted by molar-refractivity contribution is 6.17. The smallest absolute Gasteiger partial charge is 0.0821 e. The van der Waals surface area contributed by atoms with E-state index in [0.717, 1.165) is 5.56 Å². The van der Waals surface area contributed by atoms with Crippen molar-refractivity contribution in [2.45, 2.75) is 19.6 Å². The van der Waals surface area contributed by atoms with Gasteiger partial charge in [-0.15, -0.1) is 11.6 Å². The van der Waals surface area contributed by atoms with E-state index in [1.54, 1.807) is 0 Å². The van der Waals surface area contributed by atoms with Crippen molar-refractivity contribution in [3.8, 4) is 0 Å². The summed E-state index contributed by atoms with van der Waals surface area (Å²) in [5.41, 5.74) is 1.14. The minimum Gasteiger partial charge on any atom is -0.390 e. The highest BCUT2D eigenvalue weighted by Crippen LogP contribution is 2.07. The van der Waals surface area contributed by atoms with Crippen molar-refractivity contribution in [2.24, 2.45) is 5.92 Å². The zero-order valence-corrected chi connectivity index (χ0v) is 11.5. The fraction of sp³-hybridized carbons (Fsp3) is 0.571. The minimum atomic E-state index is -0.510. The fourth-order valence-electron chi connectivity index (χ4n) is 1.47. The number of hydrogen-bond acceptors (Lipinski definition) is 3. The van der Waals surface area contributed by atoms with E-state index in [9.17, 15) is 5.11 Å². The molecule has 18 heavy (non-hydrogen) atoms. The summed E-state index contributed by atoms with van der Waals surface area (Å²) in [5, 5.41) is 9.79. The van der Waals surface area contributed by atoms with Crippen molar-refractivity contribution in [3.63, 3.8) is 0 Å². The van der Waals surface area contributed by atoms with Gasteiger partial charge in [0, 0.05) is 11.8 Å². The van der Waals surface area contributed by atoms with Crippen molar-refractivity contribution in [2.75, 3.05) is 25.7 Å². The first-order valence-electron chi connectivity index (χ1n) is 6.17. The Kier molecular flexibility index (Phi) is 8.01. The van der Waals surface area contributed by atoms with Gasteiger partial charge in [-0.05, 0) is 5.56 Å². The maximum Gasteiger partial charge on any atom is 0.0821 e. The Morgan fingerprint density at radius 3 is 2.56 bits per heavy atom. The van der Waals surface area contributed by atoms with Gasteiger partial charge in [-0.3, -0.25) is 0 Å². The first kappa shape index (κ1) is 15.4. The van der Waals surface area contributed by atoms with Crippen LogP contribution < -0.4 is 0 Å². The van der Waals surface area contributed by atoms with Gasteiger partial charge in [0.05, 0.1) is 32.5 Å². The van der Waals surface area contributed by atoms with Crippen molar-refractivity contribution in [1.29, 1.82) is 0 Å². The van der Waals surface area contributed by atoms with Gasteiger partial charge in [0.2, 0.25) is 0 Å². The molecule has 1 aromatic rings. The van der Waals surface area contributed by atoms with Crippen LogP contribution in [0.3, 0.4) is 0 Å². The van der Waals surface area contributed by atoms with Crippen LogP contribution in [0, 0.1) is 5.92 Å². The lowest BCUT2D eigenvalue weighted by atomic mass is 10.1. The van der Waals surface area contributed by atoms with Gasteiger partial charge in [0.25, 0.3) is 0 Å². The zero-order valence-electron chi connectivity index (χ0n) is 10.7. The highest BCUT2D eigenvalue weighted by atomic mass is 35.5. The Hall–Kier alpha value is -0.610. The summed E-state index contributed by atoms with van der Waals surface area (Å²) in [4.78, 5) is 0. The number of alkyl halides is 1. The number of benzene rings is 1. The zero-order chi connectivity index (χ0) is 13.2. The summed E-state index contributed by atoms with van der Waals surface area (Å²) in [5.74, 6) is 0.495. The molecule has 0 aliphatic heterocycles. The quantitative estimate of drug-likeness (QED) is 0.554. The molecule has 0 amide bonds. The van der Waals surface area contributed by atoms with Crippen LogP contribution >= 0.6 is 11.6 Å². The SMILES string of the molecule is CC(COCc1ccccc1)[C@@H](O)COCCCl. The van der Waals surface area contributed by atoms with Gasteiger partial charge >= 0.3 is 0 Å². The average molecular weight is 273 g/mol. The fourth-order valence-corrected chi connectivity index (χ4v) is 1.58. The van der Waals surface area contributed by atoms with E-state index in [1.807, 2.05) is 37.3 Å². The van der Waals surface area contributed by atoms with Gasteiger partial charge < -0.3 is 14.6 Å². The molecule has 0 heterocycles. The molecule has 0 aliphatic carbocycles. The van der Waals surface area contributed by atoms with E-state index in [4.69, 9.17) is 21.1 Å². The summed E-state index contributed by atoms with van der Waals surface area (Å²) in [6.07, 6.45) is -0.510. The van der Waals surface area contributed by atoms with E-state index in [1.165, 1.54) is 0 Å². The molecule has 1 N–H and O–H groups in total. The minimum absolute atomic E-state index is 0.0454. The van der Waals surface area contributed by atoms with Crippen LogP contribution in [0.4, 0.5) is 0 Å². The van der Waals surface area contributed by atoms with Gasteiger partial charge in [-0.2, -0.15) is 0 Å². The largest absolute Gasteiger partial charge is 0.390 e. The molecule has 0 radical (unpaired) electrons. The number of aliphatic hydroxyl groups is 1. The predicted molar refractivity (Wildman–Crippen MR) is 72.8 cm³/mol. The maximum absolute atomic E-state index is 9.79. The third-order valence-electron chi connectivity index (χ3n) is 2.66. The topological polar surface area (TPSA) is 38.7 Å². The number of aliphatic hydroxyl groups excluding tert-OH is 1. The van der Waals surface area contributed by atoms with Crippen LogP contribution in [0.1, 0.15) is 12.5 Å². The molecule has 0 aromatic heterocycles. The molecule has 1 rings (SSSR count). The second-order valence-electron chi connectivity index (χ2n) is 4.31. The van der Waals surface area contributed by atoms with Crippen LogP contribution in [-0.2, 0) is 16.1 Å². The van der Waals surface area contributed by atoms with E-state index in [0.29, 0.717) is 32.3 Å². The van der Waals surface area contributed by atoms with Crippen LogP contribution in [0.25, 0.3) is 0 Å². The number of ether oxygens (including phenoxy) is 2. The molecule has 0 spiro atoms. The Bertz CT molecular complexity index is 305. The normalized spacial score (nSPS) is 14.4. The number of rotatable bonds is 9. The summed E-state index contributed by atoms with van der Waals surface area (Å²) in [6, 6.07) is 9.98. The van der Waals surface area contributed by atoms with Crippen molar-refractivity contribution in [1.82, 2.24) is 0 Å². The van der Waals surface area contributed by atoms with Gasteiger partial charge in [0.15, 0.2) is 0 Å². The monoisotopic (exact) mass is 272 g/mol. The van der Waals surface area contributed by atoms with Gasteiger partial charge in [0.1, 0.15) is 0 Å². The summed E-state index contributed by atoms with van der Waals surface area (Å²) in [6.45, 7) is 3.80. The molecule has 0 saturated carbocycles. The highest BCUT2D eigenvalue weighted by Gasteiger charge is 2.14. The molecule has 0 saturated heterocycles. The van der Waals surface area contributed by atoms with Gasteiger partial charge in [-0.1, -0.05) is 37.3 Å². The summed E-state index contributed by atoms with van der Waals surface area (Å²) >= 11 is 5.48. The van der Waals surface area contributed by atoms with E-state index < -0.39 is 6.10 Å².